The van der Waals surface area contributed by atoms with Crippen LogP contribution in [0.5, 0.6) is 5.75 Å². The summed E-state index contributed by atoms with van der Waals surface area (Å²) in [5.41, 5.74) is 1.81. The molecule has 1 aromatic rings. The average molecular weight is 311 g/mol. The van der Waals surface area contributed by atoms with E-state index < -0.39 is 5.60 Å². The van der Waals surface area contributed by atoms with Crippen molar-refractivity contribution in [3.63, 3.8) is 0 Å². The topological polar surface area (TPSA) is 64.2 Å². The normalized spacial score (nSPS) is 41.5. The number of benzene rings is 1. The molecule has 0 unspecified atom stereocenters. The molecule has 3 nitrogen and oxygen atoms in total. The van der Waals surface area contributed by atoms with Crippen LogP contribution in [0.25, 0.3) is 0 Å². The maximum atomic E-state index is 11.1. The van der Waals surface area contributed by atoms with Crippen molar-refractivity contribution in [3.8, 4) is 11.8 Å². The van der Waals surface area contributed by atoms with Gasteiger partial charge in [-0.2, -0.15) is 5.26 Å². The molecule has 0 amide bonds. The summed E-state index contributed by atoms with van der Waals surface area (Å²) in [4.78, 5) is 0. The molecule has 3 aliphatic rings. The molecule has 0 aliphatic heterocycles. The molecule has 5 atom stereocenters. The van der Waals surface area contributed by atoms with Crippen LogP contribution in [-0.2, 0) is 6.42 Å². The highest BCUT2D eigenvalue weighted by Gasteiger charge is 2.61. The lowest BCUT2D eigenvalue weighted by Gasteiger charge is -2.53. The third kappa shape index (κ3) is 1.97. The van der Waals surface area contributed by atoms with Gasteiger partial charge in [-0.25, -0.2) is 0 Å². The largest absolute Gasteiger partial charge is 0.508 e. The van der Waals surface area contributed by atoms with Gasteiger partial charge in [-0.3, -0.25) is 0 Å². The van der Waals surface area contributed by atoms with Gasteiger partial charge in [0.15, 0.2) is 0 Å². The molecular formula is C20H25NO2. The summed E-state index contributed by atoms with van der Waals surface area (Å²) >= 11 is 0. The first-order valence-electron chi connectivity index (χ1n) is 8.90. The molecule has 0 spiro atoms. The van der Waals surface area contributed by atoms with Crippen LogP contribution in [0.3, 0.4) is 0 Å². The maximum Gasteiger partial charge on any atom is 0.115 e. The zero-order valence-electron chi connectivity index (χ0n) is 13.8. The molecule has 0 bridgehead atoms. The Kier molecular flexibility index (Phi) is 3.25. The summed E-state index contributed by atoms with van der Waals surface area (Å²) in [6, 6.07) is 8.08. The minimum atomic E-state index is -0.799. The minimum Gasteiger partial charge on any atom is -0.508 e. The number of fused-ring (bicyclic) bond motifs is 5. The number of phenols is 1. The van der Waals surface area contributed by atoms with Crippen LogP contribution in [0.15, 0.2) is 18.2 Å². The molecule has 3 heteroatoms. The lowest BCUT2D eigenvalue weighted by atomic mass is 9.53. The average Bonchev–Trinajstić information content (AvgIpc) is 2.79. The van der Waals surface area contributed by atoms with E-state index in [0.717, 1.165) is 38.5 Å². The number of nitrogens with zero attached hydrogens (tertiary/aromatic N) is 1. The standard InChI is InChI=1S/C20H25NO2/c1-19-8-6-16-15-5-3-14(22)12-13(15)2-4-17(16)18(19)7-9-20(19,23)10-11-21/h3,5,12,16-18,22-23H,2,4,6-10H2,1H3/t16-,17-,18+,19+,20+/m1/s1. The molecule has 3 aliphatic carbocycles. The van der Waals surface area contributed by atoms with Gasteiger partial charge in [0.2, 0.25) is 0 Å². The van der Waals surface area contributed by atoms with E-state index in [9.17, 15) is 10.2 Å². The number of rotatable bonds is 1. The number of nitriles is 1. The maximum absolute atomic E-state index is 11.1. The van der Waals surface area contributed by atoms with Gasteiger partial charge >= 0.3 is 0 Å². The Balaban J connectivity index is 1.69. The monoisotopic (exact) mass is 311 g/mol. The van der Waals surface area contributed by atoms with E-state index in [0.29, 0.717) is 23.5 Å². The van der Waals surface area contributed by atoms with Crippen LogP contribution in [0.2, 0.25) is 0 Å². The van der Waals surface area contributed by atoms with Crippen molar-refractivity contribution in [2.75, 3.05) is 0 Å². The van der Waals surface area contributed by atoms with E-state index in [2.05, 4.69) is 19.1 Å². The highest BCUT2D eigenvalue weighted by Crippen LogP contribution is 2.64. The van der Waals surface area contributed by atoms with Crippen LogP contribution in [0.1, 0.15) is 62.5 Å². The van der Waals surface area contributed by atoms with Crippen LogP contribution >= 0.6 is 0 Å². The third-order valence-corrected chi connectivity index (χ3v) is 7.40. The minimum absolute atomic E-state index is 0.113. The summed E-state index contributed by atoms with van der Waals surface area (Å²) in [5.74, 6) is 2.05. The van der Waals surface area contributed by atoms with Crippen molar-refractivity contribution < 1.29 is 10.2 Å². The summed E-state index contributed by atoms with van der Waals surface area (Å²) in [5, 5.41) is 30.0. The molecule has 0 aromatic heterocycles. The van der Waals surface area contributed by atoms with Gasteiger partial charge in [0.25, 0.3) is 0 Å². The second-order valence-corrected chi connectivity index (χ2v) is 8.16. The lowest BCUT2D eigenvalue weighted by molar-refractivity contribution is -0.0992. The summed E-state index contributed by atoms with van der Waals surface area (Å²) in [6.45, 7) is 2.23. The first-order valence-corrected chi connectivity index (χ1v) is 8.90. The lowest BCUT2D eigenvalue weighted by Crippen LogP contribution is -2.50. The van der Waals surface area contributed by atoms with Crippen LogP contribution < -0.4 is 0 Å². The Bertz CT molecular complexity index is 679. The highest BCUT2D eigenvalue weighted by atomic mass is 16.3. The highest BCUT2D eigenvalue weighted by molar-refractivity contribution is 5.40. The SMILES string of the molecule is C[C@]12CC[C@@H]3c4ccc(O)cc4CC[C@H]3[C@@H]1CC[C@]2(O)CC#N. The van der Waals surface area contributed by atoms with E-state index in [1.165, 1.54) is 11.1 Å². The van der Waals surface area contributed by atoms with Gasteiger partial charge in [-0.05, 0) is 79.5 Å². The Hall–Kier alpha value is -1.53. The van der Waals surface area contributed by atoms with Crippen molar-refractivity contribution in [1.82, 2.24) is 0 Å². The van der Waals surface area contributed by atoms with Crippen molar-refractivity contribution in [3.05, 3.63) is 29.3 Å². The number of hydrogen-bond donors (Lipinski definition) is 2. The van der Waals surface area contributed by atoms with Crippen molar-refractivity contribution in [2.45, 2.75) is 63.4 Å². The van der Waals surface area contributed by atoms with Crippen molar-refractivity contribution in [1.29, 1.82) is 5.26 Å². The molecule has 4 rings (SSSR count). The molecule has 23 heavy (non-hydrogen) atoms. The van der Waals surface area contributed by atoms with Crippen LogP contribution in [0.4, 0.5) is 0 Å². The first-order chi connectivity index (χ1) is 11.0. The molecule has 2 saturated carbocycles. The predicted molar refractivity (Wildman–Crippen MR) is 87.9 cm³/mol. The zero-order valence-corrected chi connectivity index (χ0v) is 13.8. The molecule has 0 radical (unpaired) electrons. The Morgan fingerprint density at radius 3 is 2.87 bits per heavy atom. The number of aryl methyl sites for hydroxylation is 1. The Labute approximate surface area is 138 Å². The predicted octanol–water partition coefficient (Wildman–Crippen LogP) is 3.89. The van der Waals surface area contributed by atoms with Crippen molar-refractivity contribution >= 4 is 0 Å². The van der Waals surface area contributed by atoms with E-state index in [4.69, 9.17) is 5.26 Å². The van der Waals surface area contributed by atoms with Gasteiger partial charge in [0.1, 0.15) is 5.75 Å². The number of phenolic OH excluding ortho intramolecular Hbond substituents is 1. The number of hydrogen-bond acceptors (Lipinski definition) is 3. The Morgan fingerprint density at radius 2 is 2.09 bits per heavy atom. The number of aliphatic hydroxyl groups is 1. The third-order valence-electron chi connectivity index (χ3n) is 7.40. The fraction of sp³-hybridized carbons (Fsp3) is 0.650. The fourth-order valence-corrected chi connectivity index (χ4v) is 6.10. The molecule has 0 saturated heterocycles. The Morgan fingerprint density at radius 1 is 1.26 bits per heavy atom. The van der Waals surface area contributed by atoms with Gasteiger partial charge in [0.05, 0.1) is 18.1 Å². The van der Waals surface area contributed by atoms with Crippen LogP contribution in [0, 0.1) is 28.6 Å². The number of aromatic hydroxyl groups is 1. The van der Waals surface area contributed by atoms with Gasteiger partial charge in [0, 0.05) is 5.41 Å². The molecule has 2 fully saturated rings. The van der Waals surface area contributed by atoms with Crippen LogP contribution in [-0.4, -0.2) is 15.8 Å². The van der Waals surface area contributed by atoms with Gasteiger partial charge in [-0.1, -0.05) is 13.0 Å². The van der Waals surface area contributed by atoms with Gasteiger partial charge < -0.3 is 10.2 Å². The molecule has 122 valence electrons. The van der Waals surface area contributed by atoms with E-state index in [-0.39, 0.29) is 11.8 Å². The summed E-state index contributed by atoms with van der Waals surface area (Å²) < 4.78 is 0. The summed E-state index contributed by atoms with van der Waals surface area (Å²) in [6.07, 6.45) is 6.33. The van der Waals surface area contributed by atoms with Crippen molar-refractivity contribution in [2.24, 2.45) is 17.3 Å². The molecule has 1 aromatic carbocycles. The second kappa shape index (κ2) is 4.98. The molecule has 2 N–H and O–H groups in total. The van der Waals surface area contributed by atoms with E-state index in [1.807, 2.05) is 12.1 Å². The van der Waals surface area contributed by atoms with Gasteiger partial charge in [-0.15, -0.1) is 0 Å². The van der Waals surface area contributed by atoms with E-state index in [1.54, 1.807) is 0 Å². The zero-order chi connectivity index (χ0) is 16.2. The fourth-order valence-electron chi connectivity index (χ4n) is 6.10. The molecule has 0 heterocycles. The molecular weight excluding hydrogens is 286 g/mol. The van der Waals surface area contributed by atoms with E-state index >= 15 is 0 Å². The second-order valence-electron chi connectivity index (χ2n) is 8.16. The summed E-state index contributed by atoms with van der Waals surface area (Å²) in [7, 11) is 0. The first kappa shape index (κ1) is 15.0. The smallest absolute Gasteiger partial charge is 0.115 e. The quantitative estimate of drug-likeness (QED) is 0.827.